The van der Waals surface area contributed by atoms with E-state index in [1.54, 1.807) is 18.3 Å². The number of aromatic nitrogens is 1. The number of nitrogens with two attached hydrogens (primary N) is 1. The Bertz CT molecular complexity index is 432. The van der Waals surface area contributed by atoms with Crippen LogP contribution in [0.4, 0.5) is 5.69 Å². The van der Waals surface area contributed by atoms with E-state index in [-0.39, 0.29) is 5.91 Å². The van der Waals surface area contributed by atoms with E-state index in [4.69, 9.17) is 17.3 Å². The normalized spacial score (nSPS) is 17.4. The number of nitrogens with one attached hydrogen (secondary N) is 1. The van der Waals surface area contributed by atoms with Crippen molar-refractivity contribution in [3.63, 3.8) is 0 Å². The standard InChI is InChI=1S/C13H19ClN4O/c14-13-11(2-1-5-16-13)17-12(19)9-18-6-3-10(8-15)4-7-18/h1-2,5,10H,3-4,6-9,15H2,(H,17,19). The molecule has 1 fully saturated rings. The lowest BCUT2D eigenvalue weighted by atomic mass is 9.97. The lowest BCUT2D eigenvalue weighted by molar-refractivity contribution is -0.117. The average Bonchev–Trinajstić information content (AvgIpc) is 2.42. The van der Waals surface area contributed by atoms with Crippen molar-refractivity contribution in [1.82, 2.24) is 9.88 Å². The maximum absolute atomic E-state index is 11.9. The van der Waals surface area contributed by atoms with Gasteiger partial charge in [0.2, 0.25) is 5.91 Å². The zero-order valence-electron chi connectivity index (χ0n) is 10.8. The second kappa shape index (κ2) is 6.84. The number of carbonyl (C=O) groups excluding carboxylic acids is 1. The summed E-state index contributed by atoms with van der Waals surface area (Å²) in [7, 11) is 0. The number of anilines is 1. The summed E-state index contributed by atoms with van der Waals surface area (Å²) < 4.78 is 0. The molecule has 6 heteroatoms. The van der Waals surface area contributed by atoms with Gasteiger partial charge in [0.1, 0.15) is 0 Å². The van der Waals surface area contributed by atoms with Crippen LogP contribution in [0.25, 0.3) is 0 Å². The van der Waals surface area contributed by atoms with E-state index in [2.05, 4.69) is 15.2 Å². The minimum absolute atomic E-state index is 0.0545. The first kappa shape index (κ1) is 14.2. The van der Waals surface area contributed by atoms with Crippen LogP contribution < -0.4 is 11.1 Å². The first-order valence-corrected chi connectivity index (χ1v) is 6.89. The van der Waals surface area contributed by atoms with Crippen LogP contribution in [0.3, 0.4) is 0 Å². The largest absolute Gasteiger partial charge is 0.330 e. The molecule has 1 saturated heterocycles. The molecular weight excluding hydrogens is 264 g/mol. The summed E-state index contributed by atoms with van der Waals surface area (Å²) in [6.07, 6.45) is 3.73. The Balaban J connectivity index is 1.81. The van der Waals surface area contributed by atoms with Gasteiger partial charge in [-0.3, -0.25) is 9.69 Å². The summed E-state index contributed by atoms with van der Waals surface area (Å²) in [6.45, 7) is 2.99. The van der Waals surface area contributed by atoms with Crippen molar-refractivity contribution in [3.8, 4) is 0 Å². The molecule has 1 aliphatic heterocycles. The molecular formula is C13H19ClN4O. The van der Waals surface area contributed by atoms with Gasteiger partial charge in [-0.05, 0) is 50.5 Å². The van der Waals surface area contributed by atoms with Crippen LogP contribution in [0.15, 0.2) is 18.3 Å². The van der Waals surface area contributed by atoms with Gasteiger partial charge in [0.15, 0.2) is 5.15 Å². The third-order valence-corrected chi connectivity index (χ3v) is 3.74. The molecule has 0 spiro atoms. The summed E-state index contributed by atoms with van der Waals surface area (Å²) in [4.78, 5) is 18.0. The fraction of sp³-hybridized carbons (Fsp3) is 0.538. The summed E-state index contributed by atoms with van der Waals surface area (Å²) >= 11 is 5.90. The number of hydrogen-bond donors (Lipinski definition) is 2. The van der Waals surface area contributed by atoms with Gasteiger partial charge in [0.25, 0.3) is 0 Å². The Morgan fingerprint density at radius 2 is 2.26 bits per heavy atom. The highest BCUT2D eigenvalue weighted by Gasteiger charge is 2.20. The van der Waals surface area contributed by atoms with E-state index >= 15 is 0 Å². The molecule has 1 aliphatic rings. The molecule has 0 unspecified atom stereocenters. The van der Waals surface area contributed by atoms with Gasteiger partial charge in [-0.15, -0.1) is 0 Å². The number of nitrogens with zero attached hydrogens (tertiary/aromatic N) is 2. The van der Waals surface area contributed by atoms with Gasteiger partial charge in [-0.2, -0.15) is 0 Å². The predicted octanol–water partition coefficient (Wildman–Crippen LogP) is 1.34. The first-order valence-electron chi connectivity index (χ1n) is 6.52. The van der Waals surface area contributed by atoms with Crippen LogP contribution >= 0.6 is 11.6 Å². The highest BCUT2D eigenvalue weighted by atomic mass is 35.5. The molecule has 19 heavy (non-hydrogen) atoms. The minimum Gasteiger partial charge on any atom is -0.330 e. The first-order chi connectivity index (χ1) is 9.19. The molecule has 0 radical (unpaired) electrons. The number of halogens is 1. The molecule has 1 aromatic heterocycles. The Morgan fingerprint density at radius 3 is 2.89 bits per heavy atom. The Morgan fingerprint density at radius 1 is 1.53 bits per heavy atom. The third-order valence-electron chi connectivity index (χ3n) is 3.44. The van der Waals surface area contributed by atoms with Crippen LogP contribution in [0.1, 0.15) is 12.8 Å². The van der Waals surface area contributed by atoms with Gasteiger partial charge >= 0.3 is 0 Å². The summed E-state index contributed by atoms with van der Waals surface area (Å²) in [5.74, 6) is 0.549. The van der Waals surface area contributed by atoms with Crippen LogP contribution in [0, 0.1) is 5.92 Å². The number of piperidine rings is 1. The van der Waals surface area contributed by atoms with Gasteiger partial charge in [-0.1, -0.05) is 11.6 Å². The van der Waals surface area contributed by atoms with Gasteiger partial charge in [0.05, 0.1) is 12.2 Å². The van der Waals surface area contributed by atoms with Crippen LogP contribution in [0.5, 0.6) is 0 Å². The monoisotopic (exact) mass is 282 g/mol. The molecule has 0 aromatic carbocycles. The Hall–Kier alpha value is -1.17. The SMILES string of the molecule is NCC1CCN(CC(=O)Nc2cccnc2Cl)CC1. The van der Waals surface area contributed by atoms with Crippen LogP contribution in [0.2, 0.25) is 5.15 Å². The van der Waals surface area contributed by atoms with Crippen molar-refractivity contribution in [2.75, 3.05) is 31.5 Å². The molecule has 2 rings (SSSR count). The average molecular weight is 283 g/mol. The van der Waals surface area contributed by atoms with Gasteiger partial charge in [-0.25, -0.2) is 4.98 Å². The number of rotatable bonds is 4. The highest BCUT2D eigenvalue weighted by Crippen LogP contribution is 2.18. The van der Waals surface area contributed by atoms with Crippen molar-refractivity contribution >= 4 is 23.2 Å². The Labute approximate surface area is 118 Å². The van der Waals surface area contributed by atoms with Crippen molar-refractivity contribution in [1.29, 1.82) is 0 Å². The van der Waals surface area contributed by atoms with E-state index in [0.717, 1.165) is 32.5 Å². The fourth-order valence-electron chi connectivity index (χ4n) is 2.25. The highest BCUT2D eigenvalue weighted by molar-refractivity contribution is 6.32. The molecule has 0 atom stereocenters. The zero-order valence-corrected chi connectivity index (χ0v) is 11.6. The van der Waals surface area contributed by atoms with Gasteiger partial charge < -0.3 is 11.1 Å². The number of pyridine rings is 1. The third kappa shape index (κ3) is 4.16. The fourth-order valence-corrected chi connectivity index (χ4v) is 2.42. The van der Waals surface area contributed by atoms with Crippen molar-refractivity contribution in [2.24, 2.45) is 11.7 Å². The molecule has 2 heterocycles. The molecule has 5 nitrogen and oxygen atoms in total. The number of hydrogen-bond acceptors (Lipinski definition) is 4. The summed E-state index contributed by atoms with van der Waals surface area (Å²) in [6, 6.07) is 3.49. The second-order valence-electron chi connectivity index (χ2n) is 4.85. The molecule has 3 N–H and O–H groups in total. The van der Waals surface area contributed by atoms with Crippen LogP contribution in [-0.4, -0.2) is 42.0 Å². The maximum Gasteiger partial charge on any atom is 0.238 e. The smallest absolute Gasteiger partial charge is 0.238 e. The second-order valence-corrected chi connectivity index (χ2v) is 5.20. The molecule has 0 bridgehead atoms. The van der Waals surface area contributed by atoms with E-state index in [1.165, 1.54) is 0 Å². The lowest BCUT2D eigenvalue weighted by Crippen LogP contribution is -2.40. The van der Waals surface area contributed by atoms with E-state index in [1.807, 2.05) is 0 Å². The van der Waals surface area contributed by atoms with E-state index in [9.17, 15) is 4.79 Å². The minimum atomic E-state index is -0.0545. The maximum atomic E-state index is 11.9. The van der Waals surface area contributed by atoms with Crippen molar-refractivity contribution < 1.29 is 4.79 Å². The predicted molar refractivity (Wildman–Crippen MR) is 76.1 cm³/mol. The van der Waals surface area contributed by atoms with Crippen LogP contribution in [-0.2, 0) is 4.79 Å². The molecule has 1 aromatic rings. The lowest BCUT2D eigenvalue weighted by Gasteiger charge is -2.30. The topological polar surface area (TPSA) is 71.2 Å². The molecule has 0 aliphatic carbocycles. The number of likely N-dealkylation sites (tertiary alicyclic amines) is 1. The molecule has 1 amide bonds. The quantitative estimate of drug-likeness (QED) is 0.818. The molecule has 104 valence electrons. The van der Waals surface area contributed by atoms with Crippen molar-refractivity contribution in [3.05, 3.63) is 23.5 Å². The van der Waals surface area contributed by atoms with E-state index < -0.39 is 0 Å². The number of carbonyl (C=O) groups is 1. The zero-order chi connectivity index (χ0) is 13.7. The number of amides is 1. The van der Waals surface area contributed by atoms with Gasteiger partial charge in [0, 0.05) is 6.20 Å². The summed E-state index contributed by atoms with van der Waals surface area (Å²) in [5.41, 5.74) is 6.21. The molecule has 0 saturated carbocycles. The summed E-state index contributed by atoms with van der Waals surface area (Å²) in [5, 5.41) is 3.10. The van der Waals surface area contributed by atoms with Crippen molar-refractivity contribution in [2.45, 2.75) is 12.8 Å². The Kier molecular flexibility index (Phi) is 5.13. The van der Waals surface area contributed by atoms with E-state index in [0.29, 0.717) is 23.3 Å².